The van der Waals surface area contributed by atoms with E-state index in [-0.39, 0.29) is 5.91 Å². The molecule has 15 heavy (non-hydrogen) atoms. The Balaban J connectivity index is 2.08. The molecule has 1 fully saturated rings. The van der Waals surface area contributed by atoms with Crippen molar-refractivity contribution in [3.05, 3.63) is 24.2 Å². The molecule has 3 nitrogen and oxygen atoms in total. The third-order valence-corrected chi connectivity index (χ3v) is 3.13. The molecule has 1 aliphatic heterocycles. The maximum absolute atomic E-state index is 12.0. The van der Waals surface area contributed by atoms with Gasteiger partial charge in [-0.1, -0.05) is 6.92 Å². The van der Waals surface area contributed by atoms with Crippen molar-refractivity contribution < 1.29 is 9.21 Å². The first-order valence-electron chi connectivity index (χ1n) is 5.53. The maximum atomic E-state index is 12.0. The molecular weight excluding hydrogens is 190 g/mol. The van der Waals surface area contributed by atoms with Crippen LogP contribution in [-0.4, -0.2) is 23.4 Å². The number of hydrogen-bond donors (Lipinski definition) is 0. The summed E-state index contributed by atoms with van der Waals surface area (Å²) in [6, 6.07) is 3.81. The Morgan fingerprint density at radius 2 is 2.33 bits per heavy atom. The number of amides is 1. The second-order valence-electron chi connectivity index (χ2n) is 4.45. The molecule has 2 atom stereocenters. The van der Waals surface area contributed by atoms with E-state index < -0.39 is 0 Å². The number of hydrogen-bond acceptors (Lipinski definition) is 2. The van der Waals surface area contributed by atoms with E-state index >= 15 is 0 Å². The Kier molecular flexibility index (Phi) is 2.80. The number of rotatable bonds is 1. The summed E-state index contributed by atoms with van der Waals surface area (Å²) in [5.41, 5.74) is 0. The molecule has 1 saturated heterocycles. The summed E-state index contributed by atoms with van der Waals surface area (Å²) in [5.74, 6) is 1.21. The topological polar surface area (TPSA) is 33.5 Å². The van der Waals surface area contributed by atoms with Crippen molar-refractivity contribution in [1.82, 2.24) is 4.90 Å². The zero-order valence-corrected chi connectivity index (χ0v) is 9.27. The lowest BCUT2D eigenvalue weighted by atomic mass is 9.93. The summed E-state index contributed by atoms with van der Waals surface area (Å²) >= 11 is 0. The molecule has 3 heteroatoms. The highest BCUT2D eigenvalue weighted by atomic mass is 16.3. The summed E-state index contributed by atoms with van der Waals surface area (Å²) in [6.07, 6.45) is 3.73. The van der Waals surface area contributed by atoms with E-state index in [0.29, 0.717) is 11.8 Å². The molecule has 2 rings (SSSR count). The monoisotopic (exact) mass is 207 g/mol. The fourth-order valence-corrected chi connectivity index (χ4v) is 2.25. The van der Waals surface area contributed by atoms with Crippen molar-refractivity contribution in [2.24, 2.45) is 5.92 Å². The van der Waals surface area contributed by atoms with Crippen molar-refractivity contribution in [3.63, 3.8) is 0 Å². The minimum atomic E-state index is 0.0272. The molecule has 2 unspecified atom stereocenters. The minimum absolute atomic E-state index is 0.0272. The van der Waals surface area contributed by atoms with Gasteiger partial charge in [0.25, 0.3) is 5.91 Å². The molecular formula is C12H17NO2. The van der Waals surface area contributed by atoms with E-state index in [9.17, 15) is 4.79 Å². The van der Waals surface area contributed by atoms with Crippen LogP contribution in [0.5, 0.6) is 0 Å². The number of piperidine rings is 1. The highest BCUT2D eigenvalue weighted by Crippen LogP contribution is 2.23. The summed E-state index contributed by atoms with van der Waals surface area (Å²) in [6.45, 7) is 5.20. The Labute approximate surface area is 90.1 Å². The lowest BCUT2D eigenvalue weighted by Gasteiger charge is -2.35. The van der Waals surface area contributed by atoms with Crippen LogP contribution in [0.2, 0.25) is 0 Å². The first-order chi connectivity index (χ1) is 7.18. The Hall–Kier alpha value is -1.25. The molecule has 82 valence electrons. The summed E-state index contributed by atoms with van der Waals surface area (Å²) < 4.78 is 5.13. The van der Waals surface area contributed by atoms with Gasteiger partial charge in [0.05, 0.1) is 6.26 Å². The molecule has 0 aliphatic carbocycles. The first kappa shape index (κ1) is 10.3. The van der Waals surface area contributed by atoms with E-state index in [2.05, 4.69) is 13.8 Å². The van der Waals surface area contributed by atoms with Crippen molar-refractivity contribution in [2.75, 3.05) is 6.54 Å². The van der Waals surface area contributed by atoms with Gasteiger partial charge >= 0.3 is 0 Å². The minimum Gasteiger partial charge on any atom is -0.459 e. The van der Waals surface area contributed by atoms with Crippen molar-refractivity contribution in [3.8, 4) is 0 Å². The Morgan fingerprint density at radius 1 is 1.53 bits per heavy atom. The van der Waals surface area contributed by atoms with Crippen LogP contribution in [0.25, 0.3) is 0 Å². The molecule has 0 N–H and O–H groups in total. The number of carbonyl (C=O) groups excluding carboxylic acids is 1. The first-order valence-corrected chi connectivity index (χ1v) is 5.53. The van der Waals surface area contributed by atoms with Gasteiger partial charge in [0.1, 0.15) is 0 Å². The van der Waals surface area contributed by atoms with E-state index in [4.69, 9.17) is 4.42 Å². The van der Waals surface area contributed by atoms with Gasteiger partial charge in [-0.25, -0.2) is 0 Å². The van der Waals surface area contributed by atoms with Crippen molar-refractivity contribution >= 4 is 5.91 Å². The molecule has 1 aromatic rings. The maximum Gasteiger partial charge on any atom is 0.289 e. The molecule has 1 amide bonds. The Morgan fingerprint density at radius 3 is 2.93 bits per heavy atom. The molecule has 1 aliphatic rings. The average Bonchev–Trinajstić information content (AvgIpc) is 2.69. The molecule has 1 aromatic heterocycles. The van der Waals surface area contributed by atoms with Crippen LogP contribution in [0, 0.1) is 5.92 Å². The van der Waals surface area contributed by atoms with Gasteiger partial charge in [0.2, 0.25) is 0 Å². The largest absolute Gasteiger partial charge is 0.459 e. The van der Waals surface area contributed by atoms with Crippen LogP contribution in [0.15, 0.2) is 22.8 Å². The van der Waals surface area contributed by atoms with E-state index in [1.54, 1.807) is 18.4 Å². The van der Waals surface area contributed by atoms with Gasteiger partial charge in [-0.3, -0.25) is 4.79 Å². The predicted molar refractivity (Wildman–Crippen MR) is 57.6 cm³/mol. The van der Waals surface area contributed by atoms with Gasteiger partial charge in [-0.15, -0.1) is 0 Å². The fraction of sp³-hybridized carbons (Fsp3) is 0.583. The lowest BCUT2D eigenvalue weighted by molar-refractivity contribution is 0.0556. The van der Waals surface area contributed by atoms with Crippen LogP contribution in [0.3, 0.4) is 0 Å². The highest BCUT2D eigenvalue weighted by molar-refractivity contribution is 5.91. The van der Waals surface area contributed by atoms with Crippen LogP contribution < -0.4 is 0 Å². The quantitative estimate of drug-likeness (QED) is 0.709. The number of likely N-dealkylation sites (tertiary alicyclic amines) is 1. The standard InChI is InChI=1S/C12H17NO2/c1-9-5-6-13(10(2)8-9)12(14)11-4-3-7-15-11/h3-4,7,9-10H,5-6,8H2,1-2H3. The van der Waals surface area contributed by atoms with Crippen LogP contribution in [0.1, 0.15) is 37.2 Å². The zero-order valence-electron chi connectivity index (χ0n) is 9.27. The molecule has 0 radical (unpaired) electrons. The van der Waals surface area contributed by atoms with Crippen molar-refractivity contribution in [2.45, 2.75) is 32.7 Å². The van der Waals surface area contributed by atoms with E-state index in [1.807, 2.05) is 4.90 Å². The molecule has 0 bridgehead atoms. The van der Waals surface area contributed by atoms with Gasteiger partial charge in [-0.2, -0.15) is 0 Å². The molecule has 0 saturated carbocycles. The van der Waals surface area contributed by atoms with Crippen LogP contribution in [-0.2, 0) is 0 Å². The van der Waals surface area contributed by atoms with Crippen molar-refractivity contribution in [1.29, 1.82) is 0 Å². The summed E-state index contributed by atoms with van der Waals surface area (Å²) in [5, 5.41) is 0. The molecule has 0 aromatic carbocycles. The smallest absolute Gasteiger partial charge is 0.289 e. The zero-order chi connectivity index (χ0) is 10.8. The van der Waals surface area contributed by atoms with Gasteiger partial charge in [-0.05, 0) is 37.8 Å². The molecule has 2 heterocycles. The summed E-state index contributed by atoms with van der Waals surface area (Å²) in [7, 11) is 0. The van der Waals surface area contributed by atoms with Gasteiger partial charge < -0.3 is 9.32 Å². The van der Waals surface area contributed by atoms with E-state index in [0.717, 1.165) is 25.3 Å². The number of nitrogens with zero attached hydrogens (tertiary/aromatic N) is 1. The Bertz CT molecular complexity index is 331. The number of carbonyl (C=O) groups is 1. The third kappa shape index (κ3) is 2.06. The lowest BCUT2D eigenvalue weighted by Crippen LogP contribution is -2.44. The average molecular weight is 207 g/mol. The highest BCUT2D eigenvalue weighted by Gasteiger charge is 2.28. The normalized spacial score (nSPS) is 26.7. The van der Waals surface area contributed by atoms with Gasteiger partial charge in [0, 0.05) is 12.6 Å². The molecule has 0 spiro atoms. The fourth-order valence-electron chi connectivity index (χ4n) is 2.25. The second-order valence-corrected chi connectivity index (χ2v) is 4.45. The van der Waals surface area contributed by atoms with E-state index in [1.165, 1.54) is 0 Å². The van der Waals surface area contributed by atoms with Crippen LogP contribution in [0.4, 0.5) is 0 Å². The second kappa shape index (κ2) is 4.09. The van der Waals surface area contributed by atoms with Gasteiger partial charge in [0.15, 0.2) is 5.76 Å². The summed E-state index contributed by atoms with van der Waals surface area (Å²) in [4.78, 5) is 13.9. The third-order valence-electron chi connectivity index (χ3n) is 3.13. The van der Waals surface area contributed by atoms with Crippen LogP contribution >= 0.6 is 0 Å². The SMILES string of the molecule is CC1CCN(C(=O)c2ccco2)C(C)C1. The predicted octanol–water partition coefficient (Wildman–Crippen LogP) is 2.54. The number of furan rings is 1.